The Balaban J connectivity index is 1.70. The third-order valence-electron chi connectivity index (χ3n) is 4.35. The highest BCUT2D eigenvalue weighted by molar-refractivity contribution is 6.30. The Labute approximate surface area is 146 Å². The quantitative estimate of drug-likeness (QED) is 0.872. The number of carbonyl (C=O) groups excluding carboxylic acids is 1. The zero-order chi connectivity index (χ0) is 17.2. The minimum Gasteiger partial charge on any atom is -0.380 e. The second-order valence-electron chi connectivity index (χ2n) is 6.09. The van der Waals surface area contributed by atoms with E-state index in [1.165, 1.54) is 0 Å². The van der Waals surface area contributed by atoms with Crippen LogP contribution in [0.1, 0.15) is 40.9 Å². The average molecular weight is 346 g/mol. The van der Waals surface area contributed by atoms with Gasteiger partial charge in [-0.3, -0.25) is 4.79 Å². The number of ether oxygens (including phenoxy) is 1. The van der Waals surface area contributed by atoms with Crippen LogP contribution in [0, 0.1) is 0 Å². The molecule has 1 unspecified atom stereocenters. The summed E-state index contributed by atoms with van der Waals surface area (Å²) in [5, 5.41) is 13.9. The van der Waals surface area contributed by atoms with Crippen molar-refractivity contribution < 1.29 is 14.6 Å². The first-order chi connectivity index (χ1) is 11.5. The van der Waals surface area contributed by atoms with Gasteiger partial charge < -0.3 is 15.2 Å². The molecule has 5 heteroatoms. The molecule has 1 aliphatic rings. The second kappa shape index (κ2) is 6.93. The number of rotatable bonds is 5. The normalized spacial score (nSPS) is 17.0. The van der Waals surface area contributed by atoms with Gasteiger partial charge in [-0.25, -0.2) is 0 Å². The lowest BCUT2D eigenvalue weighted by Crippen LogP contribution is -2.46. The SMILES string of the molecule is CCC(NC(=O)c1ccc(C2(O)COC2)cc1)c1ccc(Cl)cc1. The van der Waals surface area contributed by atoms with Gasteiger partial charge in [0, 0.05) is 10.6 Å². The summed E-state index contributed by atoms with van der Waals surface area (Å²) < 4.78 is 5.06. The van der Waals surface area contributed by atoms with Crippen molar-refractivity contribution in [3.63, 3.8) is 0 Å². The lowest BCUT2D eigenvalue weighted by atomic mass is 9.91. The molecule has 0 aliphatic carbocycles. The molecule has 24 heavy (non-hydrogen) atoms. The second-order valence-corrected chi connectivity index (χ2v) is 6.52. The van der Waals surface area contributed by atoms with E-state index < -0.39 is 5.60 Å². The molecule has 0 spiro atoms. The Hall–Kier alpha value is -1.88. The summed E-state index contributed by atoms with van der Waals surface area (Å²) in [5.41, 5.74) is 1.45. The molecule has 126 valence electrons. The molecule has 2 aromatic carbocycles. The van der Waals surface area contributed by atoms with E-state index in [0.29, 0.717) is 23.8 Å². The Morgan fingerprint density at radius 1 is 1.21 bits per heavy atom. The topological polar surface area (TPSA) is 58.6 Å². The van der Waals surface area contributed by atoms with Crippen LogP contribution in [-0.4, -0.2) is 24.2 Å². The predicted molar refractivity (Wildman–Crippen MR) is 93.1 cm³/mol. The Bertz CT molecular complexity index is 708. The third kappa shape index (κ3) is 3.46. The average Bonchev–Trinajstić information content (AvgIpc) is 2.58. The van der Waals surface area contributed by atoms with Crippen LogP contribution in [0.25, 0.3) is 0 Å². The number of hydrogen-bond donors (Lipinski definition) is 2. The van der Waals surface area contributed by atoms with E-state index in [0.717, 1.165) is 17.5 Å². The molecule has 0 saturated carbocycles. The number of carbonyl (C=O) groups is 1. The number of aliphatic hydroxyl groups is 1. The third-order valence-corrected chi connectivity index (χ3v) is 4.60. The van der Waals surface area contributed by atoms with Gasteiger partial charge in [-0.15, -0.1) is 0 Å². The molecule has 1 fully saturated rings. The monoisotopic (exact) mass is 345 g/mol. The van der Waals surface area contributed by atoms with E-state index in [2.05, 4.69) is 5.32 Å². The van der Waals surface area contributed by atoms with Crippen LogP contribution in [0.5, 0.6) is 0 Å². The minimum atomic E-state index is -0.912. The molecular formula is C19H20ClNO3. The van der Waals surface area contributed by atoms with Gasteiger partial charge in [0.25, 0.3) is 5.91 Å². The zero-order valence-electron chi connectivity index (χ0n) is 13.5. The highest BCUT2D eigenvalue weighted by Gasteiger charge is 2.37. The maximum Gasteiger partial charge on any atom is 0.251 e. The van der Waals surface area contributed by atoms with Crippen molar-refractivity contribution in [2.75, 3.05) is 13.2 Å². The van der Waals surface area contributed by atoms with Crippen molar-refractivity contribution in [2.24, 2.45) is 0 Å². The van der Waals surface area contributed by atoms with Gasteiger partial charge in [-0.2, -0.15) is 0 Å². The zero-order valence-corrected chi connectivity index (χ0v) is 14.2. The fourth-order valence-corrected chi connectivity index (χ4v) is 2.88. The predicted octanol–water partition coefficient (Wildman–Crippen LogP) is 3.44. The fraction of sp³-hybridized carbons (Fsp3) is 0.316. The van der Waals surface area contributed by atoms with Crippen molar-refractivity contribution >= 4 is 17.5 Å². The lowest BCUT2D eigenvalue weighted by molar-refractivity contribution is -0.184. The van der Waals surface area contributed by atoms with E-state index in [1.807, 2.05) is 31.2 Å². The summed E-state index contributed by atoms with van der Waals surface area (Å²) in [6, 6.07) is 14.4. The first-order valence-electron chi connectivity index (χ1n) is 7.99. The van der Waals surface area contributed by atoms with E-state index in [1.54, 1.807) is 24.3 Å². The van der Waals surface area contributed by atoms with Gasteiger partial charge in [-0.05, 0) is 41.8 Å². The smallest absolute Gasteiger partial charge is 0.251 e. The fourth-order valence-electron chi connectivity index (χ4n) is 2.75. The van der Waals surface area contributed by atoms with Crippen LogP contribution in [-0.2, 0) is 10.3 Å². The molecule has 1 aliphatic heterocycles. The van der Waals surface area contributed by atoms with Crippen molar-refractivity contribution in [2.45, 2.75) is 25.0 Å². The molecule has 2 N–H and O–H groups in total. The van der Waals surface area contributed by atoms with Crippen LogP contribution in [0.3, 0.4) is 0 Å². The lowest BCUT2D eigenvalue weighted by Gasteiger charge is -2.36. The number of benzene rings is 2. The van der Waals surface area contributed by atoms with Gasteiger partial charge in [0.05, 0.1) is 19.3 Å². The number of hydrogen-bond acceptors (Lipinski definition) is 3. The first-order valence-corrected chi connectivity index (χ1v) is 8.36. The Morgan fingerprint density at radius 2 is 1.83 bits per heavy atom. The van der Waals surface area contributed by atoms with Crippen LogP contribution < -0.4 is 5.32 Å². The molecule has 2 aromatic rings. The Kier molecular flexibility index (Phi) is 4.90. The highest BCUT2D eigenvalue weighted by atomic mass is 35.5. The molecular weight excluding hydrogens is 326 g/mol. The van der Waals surface area contributed by atoms with Crippen molar-refractivity contribution in [1.29, 1.82) is 0 Å². The van der Waals surface area contributed by atoms with Crippen molar-refractivity contribution in [1.82, 2.24) is 5.32 Å². The molecule has 1 amide bonds. The summed E-state index contributed by atoms with van der Waals surface area (Å²) in [4.78, 5) is 12.5. The number of nitrogens with one attached hydrogen (secondary N) is 1. The molecule has 0 bridgehead atoms. The van der Waals surface area contributed by atoms with E-state index in [9.17, 15) is 9.90 Å². The highest BCUT2D eigenvalue weighted by Crippen LogP contribution is 2.29. The largest absolute Gasteiger partial charge is 0.380 e. The summed E-state index contributed by atoms with van der Waals surface area (Å²) in [5.74, 6) is -0.139. The van der Waals surface area contributed by atoms with E-state index in [4.69, 9.17) is 16.3 Å². The van der Waals surface area contributed by atoms with E-state index in [-0.39, 0.29) is 11.9 Å². The van der Waals surface area contributed by atoms with Crippen LogP contribution in [0.2, 0.25) is 5.02 Å². The molecule has 1 atom stereocenters. The van der Waals surface area contributed by atoms with Gasteiger partial charge in [-0.1, -0.05) is 42.8 Å². The summed E-state index contributed by atoms with van der Waals surface area (Å²) in [6.45, 7) is 2.62. The molecule has 1 heterocycles. The molecule has 3 rings (SSSR count). The maximum absolute atomic E-state index is 12.5. The first kappa shape index (κ1) is 17.0. The maximum atomic E-state index is 12.5. The summed E-state index contributed by atoms with van der Waals surface area (Å²) in [7, 11) is 0. The van der Waals surface area contributed by atoms with E-state index >= 15 is 0 Å². The minimum absolute atomic E-state index is 0.0707. The van der Waals surface area contributed by atoms with Crippen LogP contribution >= 0.6 is 11.6 Å². The summed E-state index contributed by atoms with van der Waals surface area (Å²) >= 11 is 5.91. The van der Waals surface area contributed by atoms with Crippen LogP contribution in [0.15, 0.2) is 48.5 Å². The molecule has 0 aromatic heterocycles. The molecule has 0 radical (unpaired) electrons. The summed E-state index contributed by atoms with van der Waals surface area (Å²) in [6.07, 6.45) is 0.780. The van der Waals surface area contributed by atoms with Gasteiger partial charge >= 0.3 is 0 Å². The van der Waals surface area contributed by atoms with Gasteiger partial charge in [0.15, 0.2) is 0 Å². The van der Waals surface area contributed by atoms with Gasteiger partial charge in [0.2, 0.25) is 0 Å². The number of halogens is 1. The Morgan fingerprint density at radius 3 is 2.33 bits per heavy atom. The van der Waals surface area contributed by atoms with Gasteiger partial charge in [0.1, 0.15) is 5.60 Å². The number of amides is 1. The van der Waals surface area contributed by atoms with Crippen molar-refractivity contribution in [3.05, 3.63) is 70.2 Å². The van der Waals surface area contributed by atoms with Crippen molar-refractivity contribution in [3.8, 4) is 0 Å². The standard InChI is InChI=1S/C19H20ClNO3/c1-2-17(13-5-9-16(20)10-6-13)21-18(22)14-3-7-15(8-4-14)19(23)11-24-12-19/h3-10,17,23H,2,11-12H2,1H3,(H,21,22). The molecule has 1 saturated heterocycles. The van der Waals surface area contributed by atoms with Crippen LogP contribution in [0.4, 0.5) is 0 Å². The molecule has 4 nitrogen and oxygen atoms in total.